The molecule has 0 aliphatic heterocycles. The summed E-state index contributed by atoms with van der Waals surface area (Å²) in [5.41, 5.74) is -0.890. The van der Waals surface area contributed by atoms with Gasteiger partial charge in [-0.05, 0) is 30.3 Å². The molecule has 1 N–H and O–H groups in total. The molecule has 6 nitrogen and oxygen atoms in total. The molecule has 2 rings (SSSR count). The summed E-state index contributed by atoms with van der Waals surface area (Å²) in [6.07, 6.45) is -4.53. The summed E-state index contributed by atoms with van der Waals surface area (Å²) in [5.74, 6) is -0.952. The molecule has 0 saturated carbocycles. The van der Waals surface area contributed by atoms with Crippen molar-refractivity contribution in [3.8, 4) is 11.5 Å². The number of hydrogen-bond acceptors (Lipinski definition) is 5. The molecule has 0 fully saturated rings. The van der Waals surface area contributed by atoms with E-state index in [1.54, 1.807) is 0 Å². The van der Waals surface area contributed by atoms with Crippen LogP contribution in [0.3, 0.4) is 0 Å². The lowest BCUT2D eigenvalue weighted by Crippen LogP contribution is -2.21. The van der Waals surface area contributed by atoms with Crippen LogP contribution in [0.1, 0.15) is 15.9 Å². The molecule has 144 valence electrons. The number of carbonyl (C=O) groups excluding carboxylic acids is 2. The van der Waals surface area contributed by atoms with Gasteiger partial charge in [0.15, 0.2) is 6.61 Å². The number of ether oxygens (including phenoxy) is 3. The molecule has 0 radical (unpaired) electrons. The number of benzene rings is 2. The van der Waals surface area contributed by atoms with Crippen LogP contribution >= 0.6 is 0 Å². The van der Waals surface area contributed by atoms with Gasteiger partial charge in [-0.3, -0.25) is 4.79 Å². The van der Waals surface area contributed by atoms with Crippen molar-refractivity contribution in [3.63, 3.8) is 0 Å². The molecule has 0 unspecified atom stereocenters. The Balaban J connectivity index is 1.99. The van der Waals surface area contributed by atoms with E-state index in [9.17, 15) is 22.8 Å². The molecule has 0 aliphatic rings. The second-order valence-electron chi connectivity index (χ2n) is 5.27. The van der Waals surface area contributed by atoms with Gasteiger partial charge in [0.1, 0.15) is 17.1 Å². The number of hydrogen-bond donors (Lipinski definition) is 1. The largest absolute Gasteiger partial charge is 0.497 e. The van der Waals surface area contributed by atoms with E-state index in [-0.39, 0.29) is 17.0 Å². The number of esters is 1. The van der Waals surface area contributed by atoms with E-state index in [0.29, 0.717) is 5.75 Å². The molecule has 2 aromatic carbocycles. The summed E-state index contributed by atoms with van der Waals surface area (Å²) in [5, 5.41) is 2.24. The highest BCUT2D eigenvalue weighted by atomic mass is 19.4. The number of carbonyl (C=O) groups is 2. The third-order valence-electron chi connectivity index (χ3n) is 3.44. The lowest BCUT2D eigenvalue weighted by atomic mass is 10.2. The van der Waals surface area contributed by atoms with E-state index < -0.39 is 30.2 Å². The number of anilines is 1. The highest BCUT2D eigenvalue weighted by Crippen LogP contribution is 2.30. The normalized spacial score (nSPS) is 10.9. The Morgan fingerprint density at radius 1 is 1.04 bits per heavy atom. The second-order valence-corrected chi connectivity index (χ2v) is 5.27. The van der Waals surface area contributed by atoms with Crippen molar-refractivity contribution in [3.05, 3.63) is 53.6 Å². The van der Waals surface area contributed by atoms with Crippen molar-refractivity contribution >= 4 is 17.6 Å². The number of alkyl halides is 3. The van der Waals surface area contributed by atoms with Gasteiger partial charge in [-0.2, -0.15) is 13.2 Å². The van der Waals surface area contributed by atoms with Gasteiger partial charge in [0.25, 0.3) is 5.91 Å². The minimum atomic E-state index is -4.53. The Hall–Kier alpha value is -3.23. The maximum absolute atomic E-state index is 12.7. The van der Waals surface area contributed by atoms with Crippen LogP contribution in [-0.4, -0.2) is 32.7 Å². The zero-order valence-corrected chi connectivity index (χ0v) is 14.4. The van der Waals surface area contributed by atoms with Crippen LogP contribution in [0.15, 0.2) is 42.5 Å². The van der Waals surface area contributed by atoms with Gasteiger partial charge in [-0.25, -0.2) is 4.79 Å². The minimum absolute atomic E-state index is 0.0621. The fourth-order valence-electron chi connectivity index (χ4n) is 2.15. The zero-order chi connectivity index (χ0) is 20.0. The average Bonchev–Trinajstić information content (AvgIpc) is 2.65. The van der Waals surface area contributed by atoms with Crippen molar-refractivity contribution in [1.29, 1.82) is 0 Å². The first-order valence-corrected chi connectivity index (χ1v) is 7.61. The van der Waals surface area contributed by atoms with Crippen LogP contribution in [0.5, 0.6) is 11.5 Å². The van der Waals surface area contributed by atoms with Crippen molar-refractivity contribution in [2.75, 3.05) is 26.1 Å². The second kappa shape index (κ2) is 8.43. The quantitative estimate of drug-likeness (QED) is 0.773. The summed E-state index contributed by atoms with van der Waals surface area (Å²) in [4.78, 5) is 23.9. The van der Waals surface area contributed by atoms with Crippen LogP contribution in [-0.2, 0) is 15.7 Å². The van der Waals surface area contributed by atoms with Crippen molar-refractivity contribution in [1.82, 2.24) is 0 Å². The first-order chi connectivity index (χ1) is 12.7. The SMILES string of the molecule is COc1ccc(C(=O)OCC(=O)Nc2cccc(C(F)(F)F)c2)c(OC)c1. The summed E-state index contributed by atoms with van der Waals surface area (Å²) in [6, 6.07) is 8.51. The summed E-state index contributed by atoms with van der Waals surface area (Å²) >= 11 is 0. The number of rotatable bonds is 6. The summed E-state index contributed by atoms with van der Waals surface area (Å²) < 4.78 is 53.0. The molecule has 0 saturated heterocycles. The van der Waals surface area contributed by atoms with E-state index in [2.05, 4.69) is 5.32 Å². The molecule has 0 bridgehead atoms. The van der Waals surface area contributed by atoms with Crippen LogP contribution in [0.25, 0.3) is 0 Å². The third-order valence-corrected chi connectivity index (χ3v) is 3.44. The van der Waals surface area contributed by atoms with E-state index in [1.165, 1.54) is 38.5 Å². The summed E-state index contributed by atoms with van der Waals surface area (Å²) in [7, 11) is 2.80. The van der Waals surface area contributed by atoms with Gasteiger partial charge >= 0.3 is 12.1 Å². The molecule has 0 aliphatic carbocycles. The van der Waals surface area contributed by atoms with E-state index in [4.69, 9.17) is 14.2 Å². The minimum Gasteiger partial charge on any atom is -0.497 e. The fraction of sp³-hybridized carbons (Fsp3) is 0.222. The summed E-state index contributed by atoms with van der Waals surface area (Å²) in [6.45, 7) is -0.676. The monoisotopic (exact) mass is 383 g/mol. The Bertz CT molecular complexity index is 836. The van der Waals surface area contributed by atoms with Crippen molar-refractivity contribution in [2.45, 2.75) is 6.18 Å². The topological polar surface area (TPSA) is 73.9 Å². The molecule has 2 aromatic rings. The molecule has 9 heteroatoms. The molecular formula is C18H16F3NO5. The van der Waals surface area contributed by atoms with Crippen LogP contribution < -0.4 is 14.8 Å². The number of nitrogens with one attached hydrogen (secondary N) is 1. The van der Waals surface area contributed by atoms with Gasteiger partial charge in [0.05, 0.1) is 19.8 Å². The first-order valence-electron chi connectivity index (χ1n) is 7.61. The van der Waals surface area contributed by atoms with E-state index in [0.717, 1.165) is 18.2 Å². The zero-order valence-electron chi connectivity index (χ0n) is 14.4. The van der Waals surface area contributed by atoms with Crippen LogP contribution in [0.2, 0.25) is 0 Å². The molecule has 0 spiro atoms. The lowest BCUT2D eigenvalue weighted by molar-refractivity contribution is -0.137. The highest BCUT2D eigenvalue weighted by Gasteiger charge is 2.30. The average molecular weight is 383 g/mol. The number of methoxy groups -OCH3 is 2. The first kappa shape index (κ1) is 20.1. The van der Waals surface area contributed by atoms with Gasteiger partial charge < -0.3 is 19.5 Å². The Morgan fingerprint density at radius 3 is 2.41 bits per heavy atom. The van der Waals surface area contributed by atoms with Crippen molar-refractivity contribution < 1.29 is 37.0 Å². The maximum Gasteiger partial charge on any atom is 0.416 e. The molecular weight excluding hydrogens is 367 g/mol. The highest BCUT2D eigenvalue weighted by molar-refractivity contribution is 5.97. The maximum atomic E-state index is 12.7. The van der Waals surface area contributed by atoms with Gasteiger partial charge in [0.2, 0.25) is 0 Å². The third kappa shape index (κ3) is 5.37. The standard InChI is InChI=1S/C18H16F3NO5/c1-25-13-6-7-14(15(9-13)26-2)17(24)27-10-16(23)22-12-5-3-4-11(8-12)18(19,20)21/h3-9H,10H2,1-2H3,(H,22,23). The Morgan fingerprint density at radius 2 is 1.78 bits per heavy atom. The predicted molar refractivity (Wildman–Crippen MR) is 89.9 cm³/mol. The number of amides is 1. The Labute approximate surface area is 152 Å². The van der Waals surface area contributed by atoms with E-state index in [1.807, 2.05) is 0 Å². The van der Waals surface area contributed by atoms with E-state index >= 15 is 0 Å². The van der Waals surface area contributed by atoms with Crippen LogP contribution in [0.4, 0.5) is 18.9 Å². The smallest absolute Gasteiger partial charge is 0.416 e. The number of halogens is 3. The molecule has 27 heavy (non-hydrogen) atoms. The van der Waals surface area contributed by atoms with Gasteiger partial charge in [0, 0.05) is 11.8 Å². The Kier molecular flexibility index (Phi) is 6.27. The molecule has 0 heterocycles. The van der Waals surface area contributed by atoms with Crippen LogP contribution in [0, 0.1) is 0 Å². The van der Waals surface area contributed by atoms with Gasteiger partial charge in [-0.15, -0.1) is 0 Å². The van der Waals surface area contributed by atoms with Gasteiger partial charge in [-0.1, -0.05) is 6.07 Å². The van der Waals surface area contributed by atoms with Crippen molar-refractivity contribution in [2.24, 2.45) is 0 Å². The predicted octanol–water partition coefficient (Wildman–Crippen LogP) is 3.52. The lowest BCUT2D eigenvalue weighted by Gasteiger charge is -2.11. The fourth-order valence-corrected chi connectivity index (χ4v) is 2.15. The molecule has 1 amide bonds. The molecule has 0 aromatic heterocycles. The molecule has 0 atom stereocenters.